The average Bonchev–Trinajstić information content (AvgIpc) is 2.89. The quantitative estimate of drug-likeness (QED) is 0.840. The molecule has 1 aliphatic rings. The highest BCUT2D eigenvalue weighted by Crippen LogP contribution is 2.17. The zero-order valence-corrected chi connectivity index (χ0v) is 14.5. The van der Waals surface area contributed by atoms with Gasteiger partial charge in [-0.1, -0.05) is 0 Å². The minimum absolute atomic E-state index is 0.0324. The van der Waals surface area contributed by atoms with Crippen LogP contribution >= 0.6 is 11.3 Å². The van der Waals surface area contributed by atoms with Crippen molar-refractivity contribution in [2.24, 2.45) is 0 Å². The number of piperazine rings is 1. The van der Waals surface area contributed by atoms with Gasteiger partial charge in [-0.15, -0.1) is 0 Å². The smallest absolute Gasteiger partial charge is 0.410 e. The average molecular weight is 324 g/mol. The minimum atomic E-state index is -0.497. The Morgan fingerprint density at radius 3 is 2.64 bits per heavy atom. The van der Waals surface area contributed by atoms with Crippen molar-refractivity contribution < 1.29 is 14.3 Å². The Balaban J connectivity index is 1.89. The van der Waals surface area contributed by atoms with Crippen LogP contribution in [-0.2, 0) is 16.0 Å². The Kier molecular flexibility index (Phi) is 5.11. The molecule has 0 aromatic carbocycles. The Labute approximate surface area is 135 Å². The molecule has 1 aromatic rings. The van der Waals surface area contributed by atoms with Gasteiger partial charge in [-0.2, -0.15) is 11.3 Å². The second-order valence-corrected chi connectivity index (χ2v) is 7.45. The normalized spacial score (nSPS) is 19.2. The number of carbonyl (C=O) groups is 2. The molecule has 0 radical (unpaired) electrons. The third kappa shape index (κ3) is 4.47. The molecule has 2 amide bonds. The van der Waals surface area contributed by atoms with Crippen molar-refractivity contribution in [3.8, 4) is 0 Å². The molecule has 0 saturated carbocycles. The number of hydrogen-bond donors (Lipinski definition) is 0. The number of rotatable bonds is 2. The maximum atomic E-state index is 12.3. The first-order valence-corrected chi connectivity index (χ1v) is 8.49. The molecule has 0 spiro atoms. The molecule has 122 valence electrons. The molecule has 2 heterocycles. The van der Waals surface area contributed by atoms with Crippen molar-refractivity contribution >= 4 is 23.3 Å². The number of thiophene rings is 1. The first kappa shape index (κ1) is 16.8. The van der Waals surface area contributed by atoms with Gasteiger partial charge in [-0.3, -0.25) is 4.79 Å². The molecule has 6 heteroatoms. The van der Waals surface area contributed by atoms with Gasteiger partial charge >= 0.3 is 6.09 Å². The fraction of sp³-hybridized carbons (Fsp3) is 0.625. The SMILES string of the molecule is C[C@@H]1CN(C(=O)Cc2ccsc2)CCN1C(=O)OC(C)(C)C. The summed E-state index contributed by atoms with van der Waals surface area (Å²) in [7, 11) is 0. The van der Waals surface area contributed by atoms with Gasteiger partial charge in [0.15, 0.2) is 0 Å². The molecule has 0 bridgehead atoms. The van der Waals surface area contributed by atoms with E-state index in [9.17, 15) is 9.59 Å². The predicted octanol–water partition coefficient (Wildman–Crippen LogP) is 2.76. The predicted molar refractivity (Wildman–Crippen MR) is 87.0 cm³/mol. The van der Waals surface area contributed by atoms with Gasteiger partial charge in [-0.05, 0) is 50.1 Å². The number of nitrogens with zero attached hydrogens (tertiary/aromatic N) is 2. The maximum Gasteiger partial charge on any atom is 0.410 e. The second kappa shape index (κ2) is 6.69. The van der Waals surface area contributed by atoms with Gasteiger partial charge in [0.2, 0.25) is 5.91 Å². The summed E-state index contributed by atoms with van der Waals surface area (Å²) in [4.78, 5) is 28.0. The van der Waals surface area contributed by atoms with Gasteiger partial charge in [0.05, 0.1) is 6.42 Å². The molecule has 1 saturated heterocycles. The minimum Gasteiger partial charge on any atom is -0.444 e. The van der Waals surface area contributed by atoms with Crippen LogP contribution in [0.2, 0.25) is 0 Å². The van der Waals surface area contributed by atoms with E-state index in [4.69, 9.17) is 4.74 Å². The molecule has 1 fully saturated rings. The highest BCUT2D eigenvalue weighted by atomic mass is 32.1. The Morgan fingerprint density at radius 1 is 1.36 bits per heavy atom. The van der Waals surface area contributed by atoms with Crippen molar-refractivity contribution in [1.82, 2.24) is 9.80 Å². The Morgan fingerprint density at radius 2 is 2.09 bits per heavy atom. The van der Waals surface area contributed by atoms with Crippen LogP contribution in [0.1, 0.15) is 33.3 Å². The molecule has 0 aliphatic carbocycles. The van der Waals surface area contributed by atoms with E-state index in [1.54, 1.807) is 16.2 Å². The number of hydrogen-bond acceptors (Lipinski definition) is 4. The monoisotopic (exact) mass is 324 g/mol. The molecule has 0 N–H and O–H groups in total. The van der Waals surface area contributed by atoms with Crippen LogP contribution in [-0.4, -0.2) is 53.1 Å². The van der Waals surface area contributed by atoms with Crippen LogP contribution in [0.25, 0.3) is 0 Å². The first-order chi connectivity index (χ1) is 10.3. The summed E-state index contributed by atoms with van der Waals surface area (Å²) in [5, 5.41) is 3.98. The molecule has 1 atom stereocenters. The summed E-state index contributed by atoms with van der Waals surface area (Å²) in [6, 6.07) is 1.94. The Bertz CT molecular complexity index is 522. The zero-order valence-electron chi connectivity index (χ0n) is 13.7. The van der Waals surface area contributed by atoms with Gasteiger partial charge in [0.1, 0.15) is 5.60 Å². The highest BCUT2D eigenvalue weighted by Gasteiger charge is 2.32. The lowest BCUT2D eigenvalue weighted by Gasteiger charge is -2.40. The first-order valence-electron chi connectivity index (χ1n) is 7.55. The van der Waals surface area contributed by atoms with Crippen LogP contribution in [0.3, 0.4) is 0 Å². The highest BCUT2D eigenvalue weighted by molar-refractivity contribution is 7.07. The van der Waals surface area contributed by atoms with Crippen LogP contribution in [0.5, 0.6) is 0 Å². The van der Waals surface area contributed by atoms with Gasteiger partial charge in [-0.25, -0.2) is 4.79 Å². The van der Waals surface area contributed by atoms with E-state index >= 15 is 0 Å². The van der Waals surface area contributed by atoms with E-state index in [1.807, 2.05) is 49.4 Å². The largest absolute Gasteiger partial charge is 0.444 e. The van der Waals surface area contributed by atoms with Crippen LogP contribution in [0, 0.1) is 0 Å². The third-order valence-electron chi connectivity index (χ3n) is 3.54. The van der Waals surface area contributed by atoms with Crippen LogP contribution in [0.4, 0.5) is 4.79 Å². The summed E-state index contributed by atoms with van der Waals surface area (Å²) in [6.45, 7) is 9.16. The number of carbonyl (C=O) groups excluding carboxylic acids is 2. The van der Waals surface area contributed by atoms with Crippen molar-refractivity contribution in [2.75, 3.05) is 19.6 Å². The zero-order chi connectivity index (χ0) is 16.3. The van der Waals surface area contributed by atoms with Crippen LogP contribution < -0.4 is 0 Å². The van der Waals surface area contributed by atoms with Crippen LogP contribution in [0.15, 0.2) is 16.8 Å². The molecular formula is C16H24N2O3S. The molecule has 1 aromatic heterocycles. The van der Waals surface area contributed by atoms with E-state index in [0.29, 0.717) is 26.1 Å². The van der Waals surface area contributed by atoms with E-state index in [-0.39, 0.29) is 18.0 Å². The third-order valence-corrected chi connectivity index (χ3v) is 4.28. The summed E-state index contributed by atoms with van der Waals surface area (Å²) in [5.41, 5.74) is 0.556. The Hall–Kier alpha value is -1.56. The summed E-state index contributed by atoms with van der Waals surface area (Å²) in [6.07, 6.45) is 0.132. The standard InChI is InChI=1S/C16H24N2O3S/c1-12-10-17(14(19)9-13-5-8-22-11-13)6-7-18(12)15(20)21-16(2,3)4/h5,8,11-12H,6-7,9-10H2,1-4H3/t12-/m1/s1. The summed E-state index contributed by atoms with van der Waals surface area (Å²) in [5.74, 6) is 0.120. The summed E-state index contributed by atoms with van der Waals surface area (Å²) < 4.78 is 5.41. The fourth-order valence-corrected chi connectivity index (χ4v) is 3.12. The van der Waals surface area contributed by atoms with E-state index in [0.717, 1.165) is 5.56 Å². The number of ether oxygens (including phenoxy) is 1. The molecular weight excluding hydrogens is 300 g/mol. The van der Waals surface area contributed by atoms with E-state index in [1.165, 1.54) is 0 Å². The van der Waals surface area contributed by atoms with Crippen molar-refractivity contribution in [2.45, 2.75) is 45.8 Å². The molecule has 5 nitrogen and oxygen atoms in total. The summed E-state index contributed by atoms with van der Waals surface area (Å²) >= 11 is 1.60. The lowest BCUT2D eigenvalue weighted by atomic mass is 10.1. The van der Waals surface area contributed by atoms with Crippen molar-refractivity contribution in [3.05, 3.63) is 22.4 Å². The van der Waals surface area contributed by atoms with E-state index in [2.05, 4.69) is 0 Å². The van der Waals surface area contributed by atoms with Gasteiger partial charge in [0.25, 0.3) is 0 Å². The topological polar surface area (TPSA) is 49.9 Å². The second-order valence-electron chi connectivity index (χ2n) is 6.67. The van der Waals surface area contributed by atoms with Gasteiger partial charge < -0.3 is 14.5 Å². The molecule has 0 unspecified atom stereocenters. The van der Waals surface area contributed by atoms with Crippen molar-refractivity contribution in [1.29, 1.82) is 0 Å². The van der Waals surface area contributed by atoms with Gasteiger partial charge in [0, 0.05) is 25.7 Å². The lowest BCUT2D eigenvalue weighted by molar-refractivity contribution is -0.133. The molecule has 2 rings (SSSR count). The molecule has 1 aliphatic heterocycles. The lowest BCUT2D eigenvalue weighted by Crippen LogP contribution is -2.56. The maximum absolute atomic E-state index is 12.3. The van der Waals surface area contributed by atoms with E-state index < -0.39 is 5.60 Å². The fourth-order valence-electron chi connectivity index (χ4n) is 2.46. The molecule has 22 heavy (non-hydrogen) atoms. The van der Waals surface area contributed by atoms with Crippen molar-refractivity contribution in [3.63, 3.8) is 0 Å². The number of amides is 2.